The first-order valence-corrected chi connectivity index (χ1v) is 6.31. The van der Waals surface area contributed by atoms with Crippen LogP contribution in [0.1, 0.15) is 11.7 Å². The highest BCUT2D eigenvalue weighted by atomic mass is 79.9. The van der Waals surface area contributed by atoms with Crippen LogP contribution >= 0.6 is 15.9 Å². The molecular formula is C14H9BrF2O. The number of hydrogen-bond acceptors (Lipinski definition) is 1. The third kappa shape index (κ3) is 2.06. The van der Waals surface area contributed by atoms with Crippen molar-refractivity contribution in [2.45, 2.75) is 6.10 Å². The van der Waals surface area contributed by atoms with Gasteiger partial charge in [0.15, 0.2) is 11.6 Å². The van der Waals surface area contributed by atoms with Crippen molar-refractivity contribution < 1.29 is 13.5 Å². The molecule has 0 bridgehead atoms. The van der Waals surface area contributed by atoms with E-state index in [4.69, 9.17) is 4.74 Å². The van der Waals surface area contributed by atoms with E-state index in [1.807, 2.05) is 0 Å². The quantitative estimate of drug-likeness (QED) is 0.746. The second kappa shape index (κ2) is 4.44. The van der Waals surface area contributed by atoms with Gasteiger partial charge in [0, 0.05) is 15.6 Å². The summed E-state index contributed by atoms with van der Waals surface area (Å²) in [6.07, 6.45) is -0.279. The van der Waals surface area contributed by atoms with Crippen LogP contribution in [0.15, 0.2) is 40.9 Å². The number of ether oxygens (including phenoxy) is 1. The lowest BCUT2D eigenvalue weighted by Gasteiger charge is -2.07. The third-order valence-corrected chi connectivity index (χ3v) is 3.48. The van der Waals surface area contributed by atoms with E-state index < -0.39 is 11.6 Å². The zero-order chi connectivity index (χ0) is 12.7. The van der Waals surface area contributed by atoms with E-state index in [9.17, 15) is 8.78 Å². The molecule has 1 aliphatic heterocycles. The number of hydrogen-bond donors (Lipinski definition) is 0. The fraction of sp³-hybridized carbons (Fsp3) is 0.143. The predicted molar refractivity (Wildman–Crippen MR) is 68.2 cm³/mol. The Morgan fingerprint density at radius 1 is 1.00 bits per heavy atom. The van der Waals surface area contributed by atoms with E-state index in [0.717, 1.165) is 4.47 Å². The Kier molecular flexibility index (Phi) is 2.92. The van der Waals surface area contributed by atoms with Crippen molar-refractivity contribution in [3.8, 4) is 11.1 Å². The number of epoxide rings is 1. The summed E-state index contributed by atoms with van der Waals surface area (Å²) >= 11 is 3.31. The molecule has 1 aliphatic rings. The van der Waals surface area contributed by atoms with Gasteiger partial charge in [-0.15, -0.1) is 0 Å². The van der Waals surface area contributed by atoms with Crippen molar-refractivity contribution in [2.24, 2.45) is 0 Å². The van der Waals surface area contributed by atoms with Gasteiger partial charge < -0.3 is 4.74 Å². The molecule has 3 rings (SSSR count). The van der Waals surface area contributed by atoms with Crippen LogP contribution in [-0.2, 0) is 4.74 Å². The van der Waals surface area contributed by atoms with E-state index in [1.54, 1.807) is 36.4 Å². The molecule has 0 aliphatic carbocycles. The van der Waals surface area contributed by atoms with Crippen LogP contribution in [0.4, 0.5) is 8.78 Å². The summed E-state index contributed by atoms with van der Waals surface area (Å²) < 4.78 is 33.7. The minimum absolute atomic E-state index is 0.268. The zero-order valence-corrected chi connectivity index (χ0v) is 10.9. The maximum absolute atomic E-state index is 14.0. The van der Waals surface area contributed by atoms with Crippen LogP contribution in [0.3, 0.4) is 0 Å². The largest absolute Gasteiger partial charge is 0.368 e. The van der Waals surface area contributed by atoms with Crippen LogP contribution in [0, 0.1) is 11.6 Å². The number of benzene rings is 2. The molecule has 0 spiro atoms. The summed E-state index contributed by atoms with van der Waals surface area (Å²) in [5, 5.41) is 0. The smallest absolute Gasteiger partial charge is 0.167 e. The molecule has 0 radical (unpaired) electrons. The molecule has 92 valence electrons. The average molecular weight is 311 g/mol. The normalized spacial score (nSPS) is 17.8. The highest BCUT2D eigenvalue weighted by Gasteiger charge is 2.30. The third-order valence-electron chi connectivity index (χ3n) is 2.95. The van der Waals surface area contributed by atoms with Gasteiger partial charge in [0.05, 0.1) is 6.61 Å². The molecule has 1 heterocycles. The topological polar surface area (TPSA) is 12.5 Å². The van der Waals surface area contributed by atoms with Crippen molar-refractivity contribution in [3.63, 3.8) is 0 Å². The molecular weight excluding hydrogens is 302 g/mol. The van der Waals surface area contributed by atoms with Gasteiger partial charge >= 0.3 is 0 Å². The molecule has 0 amide bonds. The Balaban J connectivity index is 2.07. The van der Waals surface area contributed by atoms with Crippen molar-refractivity contribution >= 4 is 15.9 Å². The summed E-state index contributed by atoms with van der Waals surface area (Å²) in [7, 11) is 0. The molecule has 0 N–H and O–H groups in total. The Bertz CT molecular complexity index is 591. The van der Waals surface area contributed by atoms with Crippen LogP contribution < -0.4 is 0 Å². The Morgan fingerprint density at radius 3 is 2.28 bits per heavy atom. The first kappa shape index (κ1) is 11.8. The monoisotopic (exact) mass is 310 g/mol. The minimum Gasteiger partial charge on any atom is -0.368 e. The Labute approximate surface area is 112 Å². The van der Waals surface area contributed by atoms with Gasteiger partial charge in [0.2, 0.25) is 0 Å². The highest BCUT2D eigenvalue weighted by Crippen LogP contribution is 2.35. The van der Waals surface area contributed by atoms with Gasteiger partial charge in [-0.2, -0.15) is 0 Å². The lowest BCUT2D eigenvalue weighted by molar-refractivity contribution is 0.401. The van der Waals surface area contributed by atoms with E-state index in [-0.39, 0.29) is 11.7 Å². The van der Waals surface area contributed by atoms with Gasteiger partial charge in [0.25, 0.3) is 0 Å². The molecule has 0 saturated carbocycles. The standard InChI is InChI=1S/C14H9BrF2O/c15-9-3-1-8(2-4-9)10-5-6-11(12-7-18-12)14(17)13(10)16/h1-6,12H,7H2. The lowest BCUT2D eigenvalue weighted by Crippen LogP contribution is -1.96. The molecule has 1 nitrogen and oxygen atoms in total. The number of rotatable bonds is 2. The van der Waals surface area contributed by atoms with Crippen molar-refractivity contribution in [1.82, 2.24) is 0 Å². The van der Waals surface area contributed by atoms with E-state index >= 15 is 0 Å². The summed E-state index contributed by atoms with van der Waals surface area (Å²) in [5.41, 5.74) is 1.22. The van der Waals surface area contributed by atoms with E-state index in [1.165, 1.54) is 0 Å². The summed E-state index contributed by atoms with van der Waals surface area (Å²) in [6, 6.07) is 10.3. The van der Waals surface area contributed by atoms with Crippen molar-refractivity contribution in [2.75, 3.05) is 6.61 Å². The fourth-order valence-electron chi connectivity index (χ4n) is 1.89. The maximum atomic E-state index is 14.0. The molecule has 2 aromatic rings. The summed E-state index contributed by atoms with van der Waals surface area (Å²) in [5.74, 6) is -1.62. The second-order valence-electron chi connectivity index (χ2n) is 4.16. The van der Waals surface area contributed by atoms with Gasteiger partial charge in [0.1, 0.15) is 6.10 Å². The molecule has 4 heteroatoms. The number of halogens is 3. The molecule has 0 aromatic heterocycles. The Morgan fingerprint density at radius 2 is 1.67 bits per heavy atom. The van der Waals surface area contributed by atoms with Crippen LogP contribution in [0.2, 0.25) is 0 Å². The molecule has 18 heavy (non-hydrogen) atoms. The Hall–Kier alpha value is -1.26. The van der Waals surface area contributed by atoms with Crippen molar-refractivity contribution in [1.29, 1.82) is 0 Å². The minimum atomic E-state index is -0.815. The molecule has 2 aromatic carbocycles. The first-order valence-electron chi connectivity index (χ1n) is 5.52. The lowest BCUT2D eigenvalue weighted by atomic mass is 10.0. The zero-order valence-electron chi connectivity index (χ0n) is 9.29. The van der Waals surface area contributed by atoms with E-state index in [2.05, 4.69) is 15.9 Å². The summed E-state index contributed by atoms with van der Waals surface area (Å²) in [6.45, 7) is 0.466. The highest BCUT2D eigenvalue weighted by molar-refractivity contribution is 9.10. The summed E-state index contributed by atoms with van der Waals surface area (Å²) in [4.78, 5) is 0. The van der Waals surface area contributed by atoms with Crippen molar-refractivity contribution in [3.05, 3.63) is 58.1 Å². The molecule has 1 saturated heterocycles. The first-order chi connectivity index (χ1) is 8.66. The van der Waals surface area contributed by atoms with Gasteiger partial charge in [-0.3, -0.25) is 0 Å². The fourth-order valence-corrected chi connectivity index (χ4v) is 2.16. The predicted octanol–water partition coefficient (Wildman–Crippen LogP) is 4.47. The van der Waals surface area contributed by atoms with Gasteiger partial charge in [-0.1, -0.05) is 40.2 Å². The second-order valence-corrected chi connectivity index (χ2v) is 5.07. The van der Waals surface area contributed by atoms with Gasteiger partial charge in [-0.05, 0) is 17.7 Å². The molecule has 1 atom stereocenters. The SMILES string of the molecule is Fc1c(-c2ccc(Br)cc2)ccc(C2CO2)c1F. The average Bonchev–Trinajstić information content (AvgIpc) is 3.18. The molecule has 1 unspecified atom stereocenters. The van der Waals surface area contributed by atoms with Crippen LogP contribution in [-0.4, -0.2) is 6.61 Å². The van der Waals surface area contributed by atoms with Crippen LogP contribution in [0.25, 0.3) is 11.1 Å². The maximum Gasteiger partial charge on any atom is 0.167 e. The van der Waals surface area contributed by atoms with Gasteiger partial charge in [-0.25, -0.2) is 8.78 Å². The van der Waals surface area contributed by atoms with Crippen LogP contribution in [0.5, 0.6) is 0 Å². The van der Waals surface area contributed by atoms with E-state index in [0.29, 0.717) is 17.7 Å². The molecule has 1 fully saturated rings.